The van der Waals surface area contributed by atoms with Crippen molar-refractivity contribution in [2.24, 2.45) is 0 Å². The molecule has 8 N–H and O–H groups in total. The van der Waals surface area contributed by atoms with Gasteiger partial charge in [-0.15, -0.1) is 0 Å². The molecular weight excluding hydrogens is 544 g/mol. The Labute approximate surface area is 216 Å². The summed E-state index contributed by atoms with van der Waals surface area (Å²) in [6.07, 6.45) is -15.5. The van der Waals surface area contributed by atoms with E-state index in [-0.39, 0.29) is 17.9 Å². The third-order valence-corrected chi connectivity index (χ3v) is 12.9. The second kappa shape index (κ2) is 13.7. The largest absolute Gasteiger partial charge is 0.394 e. The standard InChI is InChI=1S/C12H22O11.C8H18O4S2/c13-1-3-5(15)6(16)9(19)12(22-3)23-10-4(2-14)21-11(20)8(18)7(10)17;1-5-8(4,13(9,10)6-2)14(11,12)7-3/h3-20H,1-2H2;5-7H2,1-4H3/t3-,4-,5+,6+,7-,8-,9-,10-,11-,12+;/m1./s1. The monoisotopic (exact) mass is 584 g/mol. The Balaban J connectivity index is 0.000000422. The van der Waals surface area contributed by atoms with Crippen LogP contribution in [0.1, 0.15) is 34.1 Å². The summed E-state index contributed by atoms with van der Waals surface area (Å²) in [5.41, 5.74) is 0. The Morgan fingerprint density at radius 3 is 1.59 bits per heavy atom. The predicted octanol–water partition coefficient (Wildman–Crippen LogP) is -4.42. The van der Waals surface area contributed by atoms with Crippen molar-refractivity contribution in [3.05, 3.63) is 0 Å². The number of rotatable bonds is 9. The van der Waals surface area contributed by atoms with Gasteiger partial charge in [-0.3, -0.25) is 0 Å². The van der Waals surface area contributed by atoms with E-state index in [9.17, 15) is 52.6 Å². The summed E-state index contributed by atoms with van der Waals surface area (Å²) in [6, 6.07) is 0. The van der Waals surface area contributed by atoms with Crippen LogP contribution in [-0.4, -0.2) is 148 Å². The molecule has 0 saturated carbocycles. The maximum atomic E-state index is 11.7. The lowest BCUT2D eigenvalue weighted by Gasteiger charge is -2.45. The molecule has 0 aromatic heterocycles. The zero-order valence-electron chi connectivity index (χ0n) is 21.1. The number of aliphatic hydroxyl groups excluding tert-OH is 8. The van der Waals surface area contributed by atoms with Crippen molar-refractivity contribution in [1.29, 1.82) is 0 Å². The van der Waals surface area contributed by atoms with Gasteiger partial charge in [0.15, 0.2) is 36.3 Å². The Hall–Kier alpha value is -0.540. The van der Waals surface area contributed by atoms with Crippen LogP contribution in [0.4, 0.5) is 0 Å². The van der Waals surface area contributed by atoms with E-state index in [1.807, 2.05) is 0 Å². The lowest BCUT2D eigenvalue weighted by atomic mass is 9.97. The molecule has 2 saturated heterocycles. The summed E-state index contributed by atoms with van der Waals surface area (Å²) >= 11 is 0. The van der Waals surface area contributed by atoms with Gasteiger partial charge in [-0.25, -0.2) is 16.8 Å². The van der Waals surface area contributed by atoms with Crippen LogP contribution < -0.4 is 0 Å². The minimum absolute atomic E-state index is 0.0966. The average molecular weight is 585 g/mol. The van der Waals surface area contributed by atoms with Crippen LogP contribution in [0, 0.1) is 0 Å². The number of hydrogen-bond acceptors (Lipinski definition) is 15. The third kappa shape index (κ3) is 7.16. The van der Waals surface area contributed by atoms with Crippen molar-refractivity contribution in [3.8, 4) is 0 Å². The fourth-order valence-corrected chi connectivity index (χ4v) is 8.17. The van der Waals surface area contributed by atoms with E-state index < -0.39 is 98.4 Å². The number of ether oxygens (including phenoxy) is 3. The van der Waals surface area contributed by atoms with Gasteiger partial charge < -0.3 is 55.1 Å². The van der Waals surface area contributed by atoms with Crippen molar-refractivity contribution in [3.63, 3.8) is 0 Å². The molecule has 0 unspecified atom stereocenters. The van der Waals surface area contributed by atoms with Gasteiger partial charge in [-0.2, -0.15) is 0 Å². The molecule has 0 radical (unpaired) electrons. The van der Waals surface area contributed by atoms with Crippen LogP contribution in [0.2, 0.25) is 0 Å². The van der Waals surface area contributed by atoms with Crippen molar-refractivity contribution in [1.82, 2.24) is 0 Å². The summed E-state index contributed by atoms with van der Waals surface area (Å²) in [4.78, 5) is 0. The molecule has 0 bridgehead atoms. The lowest BCUT2D eigenvalue weighted by Crippen LogP contribution is -2.64. The lowest BCUT2D eigenvalue weighted by molar-refractivity contribution is -0.355. The van der Waals surface area contributed by atoms with Crippen LogP contribution in [0.5, 0.6) is 0 Å². The first-order chi connectivity index (χ1) is 17.0. The zero-order valence-corrected chi connectivity index (χ0v) is 22.7. The highest BCUT2D eigenvalue weighted by Gasteiger charge is 2.50. The minimum Gasteiger partial charge on any atom is -0.394 e. The normalized spacial score (nSPS) is 37.5. The molecule has 0 aromatic rings. The van der Waals surface area contributed by atoms with Crippen LogP contribution >= 0.6 is 0 Å². The first-order valence-corrected chi connectivity index (χ1v) is 15.0. The second-order valence-corrected chi connectivity index (χ2v) is 14.5. The summed E-state index contributed by atoms with van der Waals surface area (Å²) in [5.74, 6) is -0.285. The predicted molar refractivity (Wildman–Crippen MR) is 126 cm³/mol. The highest BCUT2D eigenvalue weighted by molar-refractivity contribution is 8.10. The SMILES string of the molecule is CCC(C)(S(=O)(=O)CC)S(=O)(=O)CC.OC[C@H]1O[C@@H](O[C@H]2[C@H](O)[C@@H](O)[C@H](O)O[C@@H]2CO)[C@H](O)[C@@H](O)[C@H]1O. The quantitative estimate of drug-likeness (QED) is 0.127. The van der Waals surface area contributed by atoms with Gasteiger partial charge in [0.1, 0.15) is 48.8 Å². The fraction of sp³-hybridized carbons (Fsp3) is 1.00. The van der Waals surface area contributed by atoms with E-state index >= 15 is 0 Å². The molecule has 10 atom stereocenters. The molecule has 2 rings (SSSR count). The summed E-state index contributed by atoms with van der Waals surface area (Å²) in [6.45, 7) is 4.47. The Kier molecular flexibility index (Phi) is 12.8. The van der Waals surface area contributed by atoms with Crippen molar-refractivity contribution in [2.45, 2.75) is 99.6 Å². The van der Waals surface area contributed by atoms with Crippen LogP contribution in [0.25, 0.3) is 0 Å². The summed E-state index contributed by atoms with van der Waals surface area (Å²) in [7, 11) is -7.14. The number of aliphatic hydroxyl groups is 8. The highest BCUT2D eigenvalue weighted by Crippen LogP contribution is 2.30. The summed E-state index contributed by atoms with van der Waals surface area (Å²) in [5, 5.41) is 76.5. The molecule has 37 heavy (non-hydrogen) atoms. The molecule has 2 heterocycles. The van der Waals surface area contributed by atoms with Crippen molar-refractivity contribution >= 4 is 19.7 Å². The molecular formula is C20H40O15S2. The van der Waals surface area contributed by atoms with Crippen molar-refractivity contribution in [2.75, 3.05) is 24.7 Å². The molecule has 222 valence electrons. The van der Waals surface area contributed by atoms with E-state index in [2.05, 4.69) is 0 Å². The molecule has 0 aromatic carbocycles. The van der Waals surface area contributed by atoms with Crippen LogP contribution in [0.3, 0.4) is 0 Å². The number of hydrogen-bond donors (Lipinski definition) is 8. The Morgan fingerprint density at radius 1 is 0.703 bits per heavy atom. The van der Waals surface area contributed by atoms with E-state index in [0.29, 0.717) is 0 Å². The molecule has 0 spiro atoms. The van der Waals surface area contributed by atoms with Crippen molar-refractivity contribution < 1.29 is 71.9 Å². The molecule has 0 aliphatic carbocycles. The van der Waals surface area contributed by atoms with Gasteiger partial charge >= 0.3 is 0 Å². The molecule has 17 heteroatoms. The van der Waals surface area contributed by atoms with E-state index in [1.54, 1.807) is 6.92 Å². The second-order valence-electron chi connectivity index (χ2n) is 8.82. The Morgan fingerprint density at radius 2 is 1.19 bits per heavy atom. The molecule has 15 nitrogen and oxygen atoms in total. The van der Waals surface area contributed by atoms with E-state index in [4.69, 9.17) is 19.3 Å². The summed E-state index contributed by atoms with van der Waals surface area (Å²) < 4.78 is 60.4. The topological polar surface area (TPSA) is 258 Å². The minimum atomic E-state index is -3.57. The molecule has 0 amide bonds. The molecule has 2 aliphatic heterocycles. The first kappa shape index (κ1) is 34.5. The van der Waals surface area contributed by atoms with Crippen LogP contribution in [0.15, 0.2) is 0 Å². The van der Waals surface area contributed by atoms with Gasteiger partial charge in [0.25, 0.3) is 0 Å². The van der Waals surface area contributed by atoms with E-state index in [0.717, 1.165) is 0 Å². The maximum Gasteiger partial charge on any atom is 0.187 e. The number of sulfone groups is 2. The van der Waals surface area contributed by atoms with Gasteiger partial charge in [0, 0.05) is 11.5 Å². The first-order valence-electron chi connectivity index (χ1n) is 11.7. The maximum absolute atomic E-state index is 11.7. The highest BCUT2D eigenvalue weighted by atomic mass is 32.3. The zero-order chi connectivity index (χ0) is 28.9. The van der Waals surface area contributed by atoms with Gasteiger partial charge in [-0.05, 0) is 13.3 Å². The van der Waals surface area contributed by atoms with Crippen LogP contribution in [-0.2, 0) is 33.9 Å². The van der Waals surface area contributed by atoms with Gasteiger partial charge in [0.05, 0.1) is 13.2 Å². The Bertz CT molecular complexity index is 873. The molecule has 2 aliphatic rings. The fourth-order valence-electron chi connectivity index (χ4n) is 3.81. The third-order valence-electron chi connectivity index (χ3n) is 6.70. The van der Waals surface area contributed by atoms with E-state index in [1.165, 1.54) is 20.8 Å². The van der Waals surface area contributed by atoms with Gasteiger partial charge in [0.2, 0.25) is 0 Å². The smallest absolute Gasteiger partial charge is 0.187 e. The molecule has 2 fully saturated rings. The average Bonchev–Trinajstić information content (AvgIpc) is 2.88. The van der Waals surface area contributed by atoms with Gasteiger partial charge in [-0.1, -0.05) is 20.8 Å².